The molecule has 0 fully saturated rings. The van der Waals surface area contributed by atoms with Crippen molar-refractivity contribution in [2.24, 2.45) is 5.73 Å². The van der Waals surface area contributed by atoms with Gasteiger partial charge in [0.1, 0.15) is 0 Å². The van der Waals surface area contributed by atoms with E-state index in [1.54, 1.807) is 12.1 Å². The summed E-state index contributed by atoms with van der Waals surface area (Å²) in [5.41, 5.74) is 8.21. The Hall–Kier alpha value is -2.39. The smallest absolute Gasteiger partial charge is 0.248 e. The quantitative estimate of drug-likeness (QED) is 0.793. The van der Waals surface area contributed by atoms with Crippen molar-refractivity contribution in [3.8, 4) is 0 Å². The molecule has 0 spiro atoms. The Labute approximate surface area is 125 Å². The number of hydrogen-bond donors (Lipinski definition) is 1. The zero-order chi connectivity index (χ0) is 15.1. The molecule has 21 heavy (non-hydrogen) atoms. The molecular weight excluding hydrogens is 260 g/mol. The third kappa shape index (κ3) is 4.58. The van der Waals surface area contributed by atoms with E-state index in [4.69, 9.17) is 5.73 Å². The summed E-state index contributed by atoms with van der Waals surface area (Å²) >= 11 is 0. The van der Waals surface area contributed by atoms with Gasteiger partial charge in [-0.15, -0.1) is 6.58 Å². The molecule has 2 rings (SSSR count). The molecule has 3 nitrogen and oxygen atoms in total. The van der Waals surface area contributed by atoms with Crippen LogP contribution >= 0.6 is 0 Å². The Morgan fingerprint density at radius 2 is 1.57 bits per heavy atom. The summed E-state index contributed by atoms with van der Waals surface area (Å²) in [6, 6.07) is 17.8. The van der Waals surface area contributed by atoms with Crippen molar-refractivity contribution in [1.82, 2.24) is 4.90 Å². The zero-order valence-electron chi connectivity index (χ0n) is 12.0. The molecule has 0 heterocycles. The zero-order valence-corrected chi connectivity index (χ0v) is 12.0. The minimum absolute atomic E-state index is 0.395. The van der Waals surface area contributed by atoms with Gasteiger partial charge in [-0.25, -0.2) is 0 Å². The molecule has 108 valence electrons. The van der Waals surface area contributed by atoms with Crippen LogP contribution in [0.4, 0.5) is 0 Å². The van der Waals surface area contributed by atoms with E-state index in [2.05, 4.69) is 23.6 Å². The largest absolute Gasteiger partial charge is 0.366 e. The first-order valence-corrected chi connectivity index (χ1v) is 6.95. The van der Waals surface area contributed by atoms with E-state index >= 15 is 0 Å². The average molecular weight is 280 g/mol. The van der Waals surface area contributed by atoms with E-state index in [0.717, 1.165) is 25.2 Å². The standard InChI is InChI=1S/C18H20N2O/c1-2-12-20(13-15-6-4-3-5-7-15)14-16-8-10-17(11-9-16)18(19)21/h2-11H,1,12-14H2,(H2,19,21). The average Bonchev–Trinajstić information content (AvgIpc) is 2.49. The maximum Gasteiger partial charge on any atom is 0.248 e. The van der Waals surface area contributed by atoms with Crippen molar-refractivity contribution in [3.05, 3.63) is 83.9 Å². The summed E-state index contributed by atoms with van der Waals surface area (Å²) in [5, 5.41) is 0. The number of primary amides is 1. The van der Waals surface area contributed by atoms with E-state index in [1.165, 1.54) is 5.56 Å². The third-order valence-corrected chi connectivity index (χ3v) is 3.28. The highest BCUT2D eigenvalue weighted by Crippen LogP contribution is 2.11. The predicted octanol–water partition coefficient (Wildman–Crippen LogP) is 2.97. The van der Waals surface area contributed by atoms with Crippen LogP contribution in [0.2, 0.25) is 0 Å². The highest BCUT2D eigenvalue weighted by molar-refractivity contribution is 5.92. The summed E-state index contributed by atoms with van der Waals surface area (Å²) in [6.45, 7) is 6.30. The lowest BCUT2D eigenvalue weighted by atomic mass is 10.1. The lowest BCUT2D eigenvalue weighted by molar-refractivity contribution is 0.100. The lowest BCUT2D eigenvalue weighted by Crippen LogP contribution is -2.22. The Kier molecular flexibility index (Phi) is 5.29. The number of carbonyl (C=O) groups is 1. The molecular formula is C18H20N2O. The molecule has 2 N–H and O–H groups in total. The SMILES string of the molecule is C=CCN(Cc1ccccc1)Cc1ccc(C(N)=O)cc1. The summed E-state index contributed by atoms with van der Waals surface area (Å²) in [6.07, 6.45) is 1.90. The molecule has 0 saturated heterocycles. The second kappa shape index (κ2) is 7.41. The summed E-state index contributed by atoms with van der Waals surface area (Å²) < 4.78 is 0. The van der Waals surface area contributed by atoms with Gasteiger partial charge in [0.2, 0.25) is 5.91 Å². The van der Waals surface area contributed by atoms with Gasteiger partial charge in [-0.2, -0.15) is 0 Å². The number of amides is 1. The fourth-order valence-corrected chi connectivity index (χ4v) is 2.24. The van der Waals surface area contributed by atoms with Crippen molar-refractivity contribution in [3.63, 3.8) is 0 Å². The Balaban J connectivity index is 2.05. The molecule has 0 bridgehead atoms. The third-order valence-electron chi connectivity index (χ3n) is 3.28. The Morgan fingerprint density at radius 1 is 1.00 bits per heavy atom. The number of rotatable bonds is 7. The van der Waals surface area contributed by atoms with Gasteiger partial charge in [0.25, 0.3) is 0 Å². The molecule has 2 aromatic carbocycles. The highest BCUT2D eigenvalue weighted by atomic mass is 16.1. The van der Waals surface area contributed by atoms with Gasteiger partial charge in [0.05, 0.1) is 0 Å². The second-order valence-electron chi connectivity index (χ2n) is 5.01. The van der Waals surface area contributed by atoms with Crippen LogP contribution in [0.3, 0.4) is 0 Å². The molecule has 0 radical (unpaired) electrons. The molecule has 2 aromatic rings. The number of hydrogen-bond acceptors (Lipinski definition) is 2. The van der Waals surface area contributed by atoms with Crippen LogP contribution in [0.1, 0.15) is 21.5 Å². The number of carbonyl (C=O) groups excluding carboxylic acids is 1. The van der Waals surface area contributed by atoms with E-state index in [0.29, 0.717) is 5.56 Å². The van der Waals surface area contributed by atoms with E-state index in [1.807, 2.05) is 36.4 Å². The normalized spacial score (nSPS) is 10.5. The highest BCUT2D eigenvalue weighted by Gasteiger charge is 2.06. The molecule has 0 atom stereocenters. The number of nitrogens with zero attached hydrogens (tertiary/aromatic N) is 1. The first kappa shape index (κ1) is 15.0. The van der Waals surface area contributed by atoms with Crippen LogP contribution in [-0.4, -0.2) is 17.4 Å². The van der Waals surface area contributed by atoms with Crippen molar-refractivity contribution >= 4 is 5.91 Å². The van der Waals surface area contributed by atoms with Gasteiger partial charge in [-0.1, -0.05) is 48.5 Å². The molecule has 0 aliphatic carbocycles. The fourth-order valence-electron chi connectivity index (χ4n) is 2.24. The Morgan fingerprint density at radius 3 is 2.10 bits per heavy atom. The number of nitrogens with two attached hydrogens (primary N) is 1. The minimum Gasteiger partial charge on any atom is -0.366 e. The predicted molar refractivity (Wildman–Crippen MR) is 85.7 cm³/mol. The van der Waals surface area contributed by atoms with E-state index < -0.39 is 5.91 Å². The van der Waals surface area contributed by atoms with Gasteiger partial charge in [-0.05, 0) is 23.3 Å². The molecule has 3 heteroatoms. The summed E-state index contributed by atoms with van der Waals surface area (Å²) in [5.74, 6) is -0.395. The van der Waals surface area contributed by atoms with Crippen LogP contribution in [0, 0.1) is 0 Å². The van der Waals surface area contributed by atoms with Crippen LogP contribution < -0.4 is 5.73 Å². The number of benzene rings is 2. The monoisotopic (exact) mass is 280 g/mol. The summed E-state index contributed by atoms with van der Waals surface area (Å²) in [7, 11) is 0. The van der Waals surface area contributed by atoms with Crippen LogP contribution in [0.5, 0.6) is 0 Å². The van der Waals surface area contributed by atoms with Crippen LogP contribution in [0.15, 0.2) is 67.3 Å². The summed E-state index contributed by atoms with van der Waals surface area (Å²) in [4.78, 5) is 13.4. The lowest BCUT2D eigenvalue weighted by Gasteiger charge is -2.21. The van der Waals surface area contributed by atoms with Gasteiger partial charge in [-0.3, -0.25) is 9.69 Å². The second-order valence-corrected chi connectivity index (χ2v) is 5.01. The maximum absolute atomic E-state index is 11.1. The fraction of sp³-hybridized carbons (Fsp3) is 0.167. The molecule has 0 unspecified atom stereocenters. The van der Waals surface area contributed by atoms with Crippen molar-refractivity contribution < 1.29 is 4.79 Å². The van der Waals surface area contributed by atoms with Gasteiger partial charge in [0.15, 0.2) is 0 Å². The molecule has 0 aliphatic rings. The molecule has 1 amide bonds. The van der Waals surface area contributed by atoms with Crippen molar-refractivity contribution in [1.29, 1.82) is 0 Å². The van der Waals surface area contributed by atoms with Gasteiger partial charge in [0, 0.05) is 25.2 Å². The van der Waals surface area contributed by atoms with Gasteiger partial charge < -0.3 is 5.73 Å². The van der Waals surface area contributed by atoms with E-state index in [-0.39, 0.29) is 0 Å². The molecule has 0 aromatic heterocycles. The topological polar surface area (TPSA) is 46.3 Å². The minimum atomic E-state index is -0.395. The Bertz CT molecular complexity index is 590. The molecule has 0 aliphatic heterocycles. The first-order chi connectivity index (χ1) is 10.2. The van der Waals surface area contributed by atoms with E-state index in [9.17, 15) is 4.79 Å². The maximum atomic E-state index is 11.1. The van der Waals surface area contributed by atoms with Crippen molar-refractivity contribution in [2.45, 2.75) is 13.1 Å². The van der Waals surface area contributed by atoms with Crippen LogP contribution in [-0.2, 0) is 13.1 Å². The van der Waals surface area contributed by atoms with Crippen LogP contribution in [0.25, 0.3) is 0 Å². The first-order valence-electron chi connectivity index (χ1n) is 6.95. The van der Waals surface area contributed by atoms with Gasteiger partial charge >= 0.3 is 0 Å². The molecule has 0 saturated carbocycles. The van der Waals surface area contributed by atoms with Crippen molar-refractivity contribution in [2.75, 3.05) is 6.54 Å².